The van der Waals surface area contributed by atoms with E-state index in [1.54, 1.807) is 0 Å². The first-order valence-corrected chi connectivity index (χ1v) is 7.67. The van der Waals surface area contributed by atoms with Crippen molar-refractivity contribution < 1.29 is 4.79 Å². The topological polar surface area (TPSA) is 43.1 Å². The summed E-state index contributed by atoms with van der Waals surface area (Å²) in [5, 5.41) is 0. The molecule has 0 fully saturated rings. The Morgan fingerprint density at radius 2 is 1.14 bits per heavy atom. The van der Waals surface area contributed by atoms with E-state index in [2.05, 4.69) is 69.3 Å². The number of nitrogens with two attached hydrogens (primary N) is 1. The van der Waals surface area contributed by atoms with Gasteiger partial charge in [-0.25, -0.2) is 0 Å². The summed E-state index contributed by atoms with van der Waals surface area (Å²) in [6.45, 7) is 10.0. The quantitative estimate of drug-likeness (QED) is 0.880. The van der Waals surface area contributed by atoms with E-state index in [1.165, 1.54) is 36.1 Å². The molecule has 0 amide bonds. The molecule has 2 nitrogen and oxygen atoms in total. The van der Waals surface area contributed by atoms with Crippen molar-refractivity contribution >= 4 is 5.78 Å². The predicted octanol–water partition coefficient (Wildman–Crippen LogP) is 4.61. The van der Waals surface area contributed by atoms with Crippen LogP contribution in [0, 0.1) is 13.8 Å². The van der Waals surface area contributed by atoms with Gasteiger partial charge in [-0.3, -0.25) is 0 Å². The summed E-state index contributed by atoms with van der Waals surface area (Å²) in [5.74, 6) is 0.167. The second kappa shape index (κ2) is 11.7. The van der Waals surface area contributed by atoms with Gasteiger partial charge in [0.2, 0.25) is 0 Å². The summed E-state index contributed by atoms with van der Waals surface area (Å²) in [6, 6.07) is 16.9. The largest absolute Gasteiger partial charge is 0.326 e. The smallest absolute Gasteiger partial charge is 0.126 e. The highest BCUT2D eigenvalue weighted by Crippen LogP contribution is 2.02. The summed E-state index contributed by atoms with van der Waals surface area (Å²) < 4.78 is 0. The van der Waals surface area contributed by atoms with E-state index < -0.39 is 0 Å². The third-order valence-corrected chi connectivity index (χ3v) is 2.89. The van der Waals surface area contributed by atoms with E-state index in [4.69, 9.17) is 5.73 Å². The van der Waals surface area contributed by atoms with Gasteiger partial charge in [0.05, 0.1) is 0 Å². The number of Topliss-reactive ketones (excluding diaryl/α,β-unsaturated/α-hetero) is 1. The zero-order valence-corrected chi connectivity index (χ0v) is 14.5. The summed E-state index contributed by atoms with van der Waals surface area (Å²) in [4.78, 5) is 9.44. The molecular formula is C20H29NO. The molecule has 120 valence electrons. The number of hydrogen-bond donors (Lipinski definition) is 1. The molecule has 2 rings (SSSR count). The average Bonchev–Trinajstić information content (AvgIpc) is 2.49. The zero-order chi connectivity index (χ0) is 17.0. The van der Waals surface area contributed by atoms with Crippen LogP contribution in [0.2, 0.25) is 0 Å². The minimum Gasteiger partial charge on any atom is -0.326 e. The van der Waals surface area contributed by atoms with Gasteiger partial charge < -0.3 is 10.5 Å². The third-order valence-electron chi connectivity index (χ3n) is 2.89. The minimum absolute atomic E-state index is 0.167. The van der Waals surface area contributed by atoms with Crippen LogP contribution in [0.15, 0.2) is 48.5 Å². The first-order chi connectivity index (χ1) is 10.4. The number of ketones is 1. The van der Waals surface area contributed by atoms with Crippen LogP contribution in [-0.2, 0) is 17.8 Å². The molecule has 0 saturated carbocycles. The van der Waals surface area contributed by atoms with E-state index in [0.29, 0.717) is 6.54 Å². The van der Waals surface area contributed by atoms with Gasteiger partial charge in [-0.1, -0.05) is 66.6 Å². The molecule has 0 atom stereocenters. The van der Waals surface area contributed by atoms with E-state index >= 15 is 0 Å². The second-order valence-corrected chi connectivity index (χ2v) is 5.44. The normalized spacial score (nSPS) is 9.00. The van der Waals surface area contributed by atoms with Crippen LogP contribution in [0.4, 0.5) is 0 Å². The van der Waals surface area contributed by atoms with Gasteiger partial charge in [0.1, 0.15) is 5.78 Å². The van der Waals surface area contributed by atoms with Crippen molar-refractivity contribution in [3.05, 3.63) is 70.8 Å². The van der Waals surface area contributed by atoms with E-state index in [-0.39, 0.29) is 5.78 Å². The number of hydrogen-bond acceptors (Lipinski definition) is 2. The van der Waals surface area contributed by atoms with Gasteiger partial charge in [0.25, 0.3) is 0 Å². The molecule has 0 aliphatic heterocycles. The highest BCUT2D eigenvalue weighted by Gasteiger charge is 1.85. The third kappa shape index (κ3) is 10.8. The van der Waals surface area contributed by atoms with Crippen molar-refractivity contribution in [3.63, 3.8) is 0 Å². The standard InChI is InChI=1S/C9H12.C8H11N.C3H6O/c1-3-9-6-4-8(2)5-7-9;1-7-2-4-8(6-9)5-3-7;1-3(2)4/h4-7H,3H2,1-2H3;2-5H,6,9H2,1H3;1-2H3. The molecular weight excluding hydrogens is 270 g/mol. The number of benzene rings is 2. The molecule has 2 aromatic rings. The summed E-state index contributed by atoms with van der Waals surface area (Å²) in [5.41, 5.74) is 10.6. The second-order valence-electron chi connectivity index (χ2n) is 5.44. The highest BCUT2D eigenvalue weighted by molar-refractivity contribution is 5.72. The molecule has 0 aliphatic rings. The van der Waals surface area contributed by atoms with Crippen molar-refractivity contribution in [2.24, 2.45) is 5.73 Å². The highest BCUT2D eigenvalue weighted by atomic mass is 16.1. The van der Waals surface area contributed by atoms with Crippen molar-refractivity contribution in [1.82, 2.24) is 0 Å². The molecule has 0 heterocycles. The molecule has 0 radical (unpaired) electrons. The van der Waals surface area contributed by atoms with Gasteiger partial charge in [-0.2, -0.15) is 0 Å². The first-order valence-electron chi connectivity index (χ1n) is 7.67. The van der Waals surface area contributed by atoms with Crippen LogP contribution in [0.5, 0.6) is 0 Å². The Morgan fingerprint density at radius 1 is 0.818 bits per heavy atom. The molecule has 0 unspecified atom stereocenters. The SMILES string of the molecule is CC(C)=O.CCc1ccc(C)cc1.Cc1ccc(CN)cc1. The number of carbonyl (C=O) groups is 1. The van der Waals surface area contributed by atoms with Crippen molar-refractivity contribution in [1.29, 1.82) is 0 Å². The Kier molecular flexibility index (Phi) is 10.7. The Labute approximate surface area is 135 Å². The summed E-state index contributed by atoms with van der Waals surface area (Å²) in [6.07, 6.45) is 1.14. The van der Waals surface area contributed by atoms with Crippen LogP contribution >= 0.6 is 0 Å². The molecule has 0 saturated heterocycles. The molecule has 2 N–H and O–H groups in total. The molecule has 0 aliphatic carbocycles. The molecule has 0 spiro atoms. The lowest BCUT2D eigenvalue weighted by molar-refractivity contribution is -0.114. The summed E-state index contributed by atoms with van der Waals surface area (Å²) >= 11 is 0. The maximum absolute atomic E-state index is 9.44. The van der Waals surface area contributed by atoms with Gasteiger partial charge in [0.15, 0.2) is 0 Å². The Bertz CT molecular complexity index is 477. The maximum atomic E-state index is 9.44. The van der Waals surface area contributed by atoms with Crippen molar-refractivity contribution in [3.8, 4) is 0 Å². The van der Waals surface area contributed by atoms with Gasteiger partial charge in [-0.15, -0.1) is 0 Å². The lowest BCUT2D eigenvalue weighted by Gasteiger charge is -1.94. The fourth-order valence-corrected chi connectivity index (χ4v) is 1.55. The Balaban J connectivity index is 0.000000326. The van der Waals surface area contributed by atoms with Crippen LogP contribution in [0.3, 0.4) is 0 Å². The number of aryl methyl sites for hydroxylation is 3. The minimum atomic E-state index is 0.167. The van der Waals surface area contributed by atoms with Gasteiger partial charge in [-0.05, 0) is 45.2 Å². The van der Waals surface area contributed by atoms with E-state index in [0.717, 1.165) is 6.42 Å². The van der Waals surface area contributed by atoms with Crippen LogP contribution in [0.1, 0.15) is 43.0 Å². The fraction of sp³-hybridized carbons (Fsp3) is 0.350. The first kappa shape index (κ1) is 20.1. The van der Waals surface area contributed by atoms with Crippen LogP contribution in [0.25, 0.3) is 0 Å². The molecule has 2 aromatic carbocycles. The number of rotatable bonds is 2. The lowest BCUT2D eigenvalue weighted by Crippen LogP contribution is -1.94. The van der Waals surface area contributed by atoms with Crippen molar-refractivity contribution in [2.45, 2.75) is 47.6 Å². The lowest BCUT2D eigenvalue weighted by atomic mass is 10.1. The molecule has 22 heavy (non-hydrogen) atoms. The van der Waals surface area contributed by atoms with E-state index in [9.17, 15) is 4.79 Å². The molecule has 2 heteroatoms. The molecule has 0 aromatic heterocycles. The Hall–Kier alpha value is -1.93. The molecule has 0 bridgehead atoms. The summed E-state index contributed by atoms with van der Waals surface area (Å²) in [7, 11) is 0. The van der Waals surface area contributed by atoms with Gasteiger partial charge in [0, 0.05) is 6.54 Å². The Morgan fingerprint density at radius 3 is 1.41 bits per heavy atom. The average molecular weight is 299 g/mol. The number of carbonyl (C=O) groups excluding carboxylic acids is 1. The monoisotopic (exact) mass is 299 g/mol. The zero-order valence-electron chi connectivity index (χ0n) is 14.5. The fourth-order valence-electron chi connectivity index (χ4n) is 1.55. The van der Waals surface area contributed by atoms with Crippen LogP contribution < -0.4 is 5.73 Å². The van der Waals surface area contributed by atoms with Crippen molar-refractivity contribution in [2.75, 3.05) is 0 Å². The van der Waals surface area contributed by atoms with E-state index in [1.807, 2.05) is 0 Å². The van der Waals surface area contributed by atoms with Crippen LogP contribution in [-0.4, -0.2) is 5.78 Å². The maximum Gasteiger partial charge on any atom is 0.126 e. The predicted molar refractivity (Wildman–Crippen MR) is 96.0 cm³/mol. The van der Waals surface area contributed by atoms with Gasteiger partial charge >= 0.3 is 0 Å².